The van der Waals surface area contributed by atoms with Gasteiger partial charge in [0.1, 0.15) is 0 Å². The van der Waals surface area contributed by atoms with E-state index < -0.39 is 35.2 Å². The number of rotatable bonds is 3. The summed E-state index contributed by atoms with van der Waals surface area (Å²) in [4.78, 5) is 57.9. The zero-order valence-corrected chi connectivity index (χ0v) is 23.0. The lowest BCUT2D eigenvalue weighted by atomic mass is 9.59. The molecule has 0 aromatic heterocycles. The van der Waals surface area contributed by atoms with Crippen molar-refractivity contribution in [3.05, 3.63) is 88.3 Å². The topological polar surface area (TPSA) is 104 Å². The summed E-state index contributed by atoms with van der Waals surface area (Å²) < 4.78 is 20.0. The van der Waals surface area contributed by atoms with Crippen LogP contribution in [0.1, 0.15) is 31.2 Å². The van der Waals surface area contributed by atoms with Crippen molar-refractivity contribution >= 4 is 34.8 Å². The number of carbonyl (C=O) groups is 4. The van der Waals surface area contributed by atoms with Crippen molar-refractivity contribution in [2.24, 2.45) is 17.8 Å². The SMILES string of the molecule is CC1=CC(=O)C2=C(C1=O)C(c1cccc(F)c1O)C1=CCC3C(=O)N(c4ccc(N5CCOCC5)cc4)C(=O)C3C1C2. The molecule has 2 heterocycles. The standard InChI is InChI=1S/C33H29FN2O6/c1-17-15-26(37)24-16-23-20(27(29(24)30(17)38)21-3-2-4-25(34)31(21)39)9-10-22-28(23)33(41)36(32(22)40)19-7-5-18(6-8-19)35-11-13-42-14-12-35/h2-9,15,22-23,27-28,39H,10-14,16H2,1H3. The van der Waals surface area contributed by atoms with Crippen LogP contribution in [0.2, 0.25) is 0 Å². The van der Waals surface area contributed by atoms with Gasteiger partial charge >= 0.3 is 0 Å². The van der Waals surface area contributed by atoms with Gasteiger partial charge < -0.3 is 14.7 Å². The van der Waals surface area contributed by atoms with Gasteiger partial charge in [0, 0.05) is 47.0 Å². The third-order valence-corrected chi connectivity index (χ3v) is 9.38. The average molecular weight is 569 g/mol. The van der Waals surface area contributed by atoms with Crippen LogP contribution in [0.15, 0.2) is 76.9 Å². The van der Waals surface area contributed by atoms with E-state index in [1.807, 2.05) is 18.2 Å². The highest BCUT2D eigenvalue weighted by Crippen LogP contribution is 2.56. The Morgan fingerprint density at radius 3 is 2.38 bits per heavy atom. The molecule has 214 valence electrons. The first-order valence-corrected chi connectivity index (χ1v) is 14.2. The summed E-state index contributed by atoms with van der Waals surface area (Å²) >= 11 is 0. The minimum absolute atomic E-state index is 0.117. The molecule has 9 heteroatoms. The Morgan fingerprint density at radius 2 is 1.64 bits per heavy atom. The Balaban J connectivity index is 1.28. The first-order chi connectivity index (χ1) is 20.3. The Labute approximate surface area is 241 Å². The van der Waals surface area contributed by atoms with E-state index in [4.69, 9.17) is 4.74 Å². The number of aromatic hydroxyl groups is 1. The van der Waals surface area contributed by atoms with Crippen molar-refractivity contribution in [3.8, 4) is 5.75 Å². The van der Waals surface area contributed by atoms with Crippen LogP contribution in [0, 0.1) is 23.6 Å². The molecule has 5 aliphatic rings. The molecule has 0 radical (unpaired) electrons. The predicted octanol–water partition coefficient (Wildman–Crippen LogP) is 4.00. The van der Waals surface area contributed by atoms with E-state index in [9.17, 15) is 28.7 Å². The summed E-state index contributed by atoms with van der Waals surface area (Å²) in [5, 5.41) is 10.8. The molecule has 1 N–H and O–H groups in total. The highest BCUT2D eigenvalue weighted by Gasteiger charge is 2.56. The summed E-state index contributed by atoms with van der Waals surface area (Å²) in [6.07, 6.45) is 3.52. The zero-order chi connectivity index (χ0) is 29.3. The van der Waals surface area contributed by atoms with E-state index in [1.165, 1.54) is 17.0 Å². The van der Waals surface area contributed by atoms with Gasteiger partial charge in [0.15, 0.2) is 23.1 Å². The monoisotopic (exact) mass is 568 g/mol. The minimum atomic E-state index is -0.903. The molecule has 2 aromatic rings. The number of nitrogens with zero attached hydrogens (tertiary/aromatic N) is 2. The van der Waals surface area contributed by atoms with Gasteiger partial charge in [-0.1, -0.05) is 23.8 Å². The van der Waals surface area contributed by atoms with Gasteiger partial charge in [-0.2, -0.15) is 0 Å². The first kappa shape index (κ1) is 26.5. The second-order valence-corrected chi connectivity index (χ2v) is 11.5. The number of ether oxygens (including phenoxy) is 1. The number of benzene rings is 2. The van der Waals surface area contributed by atoms with Gasteiger partial charge in [0.05, 0.1) is 30.7 Å². The van der Waals surface area contributed by atoms with Crippen molar-refractivity contribution in [3.63, 3.8) is 0 Å². The molecule has 4 unspecified atom stereocenters. The van der Waals surface area contributed by atoms with Crippen molar-refractivity contribution in [1.29, 1.82) is 0 Å². The van der Waals surface area contributed by atoms with Gasteiger partial charge in [-0.25, -0.2) is 4.39 Å². The van der Waals surface area contributed by atoms with Gasteiger partial charge in [0.2, 0.25) is 11.8 Å². The van der Waals surface area contributed by atoms with Crippen LogP contribution in [0.25, 0.3) is 0 Å². The molecule has 2 amide bonds. The third kappa shape index (κ3) is 3.90. The zero-order valence-electron chi connectivity index (χ0n) is 23.0. The van der Waals surface area contributed by atoms with Crippen LogP contribution in [0.4, 0.5) is 15.8 Å². The van der Waals surface area contributed by atoms with Gasteiger partial charge in [-0.05, 0) is 62.1 Å². The summed E-state index contributed by atoms with van der Waals surface area (Å²) in [6, 6.07) is 11.5. The number of halogens is 1. The largest absolute Gasteiger partial charge is 0.505 e. The number of phenolic OH excluding ortho intramolecular Hbond substituents is 1. The first-order valence-electron chi connectivity index (χ1n) is 14.2. The number of fused-ring (bicyclic) bond motifs is 3. The third-order valence-electron chi connectivity index (χ3n) is 9.38. The molecule has 0 spiro atoms. The quantitative estimate of drug-likeness (QED) is 0.339. The van der Waals surface area contributed by atoms with Crippen LogP contribution in [-0.2, 0) is 23.9 Å². The lowest BCUT2D eigenvalue weighted by Crippen LogP contribution is -2.40. The molecule has 2 aromatic carbocycles. The van der Waals surface area contributed by atoms with Crippen LogP contribution >= 0.6 is 0 Å². The molecule has 7 rings (SSSR count). The Bertz CT molecular complexity index is 1650. The van der Waals surface area contributed by atoms with Crippen LogP contribution in [0.5, 0.6) is 5.75 Å². The molecular formula is C33H29FN2O6. The van der Waals surface area contributed by atoms with Crippen LogP contribution in [0.3, 0.4) is 0 Å². The molecule has 0 saturated carbocycles. The van der Waals surface area contributed by atoms with Crippen LogP contribution < -0.4 is 9.80 Å². The molecular weight excluding hydrogens is 539 g/mol. The fourth-order valence-corrected chi connectivity index (χ4v) is 7.37. The highest BCUT2D eigenvalue weighted by atomic mass is 19.1. The van der Waals surface area contributed by atoms with Crippen molar-refractivity contribution in [1.82, 2.24) is 0 Å². The smallest absolute Gasteiger partial charge is 0.238 e. The predicted molar refractivity (Wildman–Crippen MR) is 151 cm³/mol. The number of ketones is 2. The molecule has 2 aliphatic heterocycles. The van der Waals surface area contributed by atoms with E-state index in [0.717, 1.165) is 24.8 Å². The second-order valence-electron chi connectivity index (χ2n) is 11.5. The van der Waals surface area contributed by atoms with Gasteiger partial charge in [-0.15, -0.1) is 0 Å². The van der Waals surface area contributed by atoms with E-state index in [0.29, 0.717) is 24.5 Å². The lowest BCUT2D eigenvalue weighted by Gasteiger charge is -2.42. The van der Waals surface area contributed by atoms with E-state index in [-0.39, 0.29) is 58.5 Å². The maximum absolute atomic E-state index is 14.6. The van der Waals surface area contributed by atoms with E-state index in [1.54, 1.807) is 25.1 Å². The second kappa shape index (κ2) is 9.87. The van der Waals surface area contributed by atoms with E-state index in [2.05, 4.69) is 4.90 Å². The molecule has 2 saturated heterocycles. The summed E-state index contributed by atoms with van der Waals surface area (Å²) in [7, 11) is 0. The van der Waals surface area contributed by atoms with Gasteiger partial charge in [-0.3, -0.25) is 24.1 Å². The minimum Gasteiger partial charge on any atom is -0.505 e. The number of allylic oxidation sites excluding steroid dienone is 6. The number of hydrogen-bond acceptors (Lipinski definition) is 7. The molecule has 0 bridgehead atoms. The number of imide groups is 1. The Morgan fingerprint density at radius 1 is 0.929 bits per heavy atom. The van der Waals surface area contributed by atoms with E-state index >= 15 is 0 Å². The molecule has 8 nitrogen and oxygen atoms in total. The number of hydrogen-bond donors (Lipinski definition) is 1. The molecule has 42 heavy (non-hydrogen) atoms. The number of Topliss-reactive ketones (excluding diaryl/α,β-unsaturated/α-hetero) is 1. The summed E-state index contributed by atoms with van der Waals surface area (Å²) in [5.41, 5.74) is 3.04. The number of anilines is 2. The van der Waals surface area contributed by atoms with Crippen molar-refractivity contribution in [2.75, 3.05) is 36.1 Å². The summed E-state index contributed by atoms with van der Waals surface area (Å²) in [6.45, 7) is 4.36. The Hall–Kier alpha value is -4.37. The molecule has 4 atom stereocenters. The normalized spacial score (nSPS) is 27.5. The fourth-order valence-electron chi connectivity index (χ4n) is 7.37. The van der Waals surface area contributed by atoms with Crippen molar-refractivity contribution < 1.29 is 33.4 Å². The lowest BCUT2D eigenvalue weighted by molar-refractivity contribution is -0.123. The number of morpholine rings is 1. The number of phenols is 1. The Kier molecular flexibility index (Phi) is 6.23. The number of para-hydroxylation sites is 1. The highest BCUT2D eigenvalue weighted by molar-refractivity contribution is 6.25. The fraction of sp³-hybridized carbons (Fsp3) is 0.333. The maximum atomic E-state index is 14.6. The molecule has 2 fully saturated rings. The number of carbonyl (C=O) groups excluding carboxylic acids is 4. The maximum Gasteiger partial charge on any atom is 0.238 e. The number of amides is 2. The average Bonchev–Trinajstić information content (AvgIpc) is 3.26. The van der Waals surface area contributed by atoms with Crippen molar-refractivity contribution in [2.45, 2.75) is 25.7 Å². The summed E-state index contributed by atoms with van der Waals surface area (Å²) in [5.74, 6) is -5.61. The van der Waals surface area contributed by atoms with Crippen LogP contribution in [-0.4, -0.2) is 54.8 Å². The van der Waals surface area contributed by atoms with Gasteiger partial charge in [0.25, 0.3) is 0 Å². The molecule has 3 aliphatic carbocycles.